The first kappa shape index (κ1) is 13.7. The molecule has 1 aromatic carbocycles. The van der Waals surface area contributed by atoms with E-state index in [-0.39, 0.29) is 24.6 Å². The minimum atomic E-state index is -0.357. The molecule has 0 atom stereocenters. The summed E-state index contributed by atoms with van der Waals surface area (Å²) in [5.74, 6) is 5.12. The van der Waals surface area contributed by atoms with Crippen LogP contribution in [0.15, 0.2) is 35.4 Å². The molecule has 1 fully saturated rings. The highest BCUT2D eigenvalue weighted by Crippen LogP contribution is 2.33. The van der Waals surface area contributed by atoms with Gasteiger partial charge in [-0.2, -0.15) is 0 Å². The summed E-state index contributed by atoms with van der Waals surface area (Å²) in [6.45, 7) is 0.475. The summed E-state index contributed by atoms with van der Waals surface area (Å²) in [7, 11) is 0. The maximum Gasteiger partial charge on any atom is 0.328 e. The van der Waals surface area contributed by atoms with Crippen LogP contribution in [0.3, 0.4) is 0 Å². The number of nitrogens with zero attached hydrogens (tertiary/aromatic N) is 2. The molecule has 0 unspecified atom stereocenters. The SMILES string of the molecule is NCC#Cc1ccc(Cn2ccn(C3CC3)c2=O)c(F)c1. The number of benzene rings is 1. The molecule has 0 bridgehead atoms. The lowest BCUT2D eigenvalue weighted by atomic mass is 10.1. The third-order valence-electron chi connectivity index (χ3n) is 3.54. The number of hydrogen-bond donors (Lipinski definition) is 1. The van der Waals surface area contributed by atoms with Crippen LogP contribution in [0.2, 0.25) is 0 Å². The van der Waals surface area contributed by atoms with Gasteiger partial charge in [-0.3, -0.25) is 9.13 Å². The molecule has 1 aromatic heterocycles. The predicted molar refractivity (Wildman–Crippen MR) is 78.4 cm³/mol. The van der Waals surface area contributed by atoms with Gasteiger partial charge in [0.2, 0.25) is 0 Å². The van der Waals surface area contributed by atoms with Crippen LogP contribution < -0.4 is 11.4 Å². The first-order chi connectivity index (χ1) is 10.2. The third-order valence-corrected chi connectivity index (χ3v) is 3.54. The molecular weight excluding hydrogens is 269 g/mol. The van der Waals surface area contributed by atoms with Crippen molar-refractivity contribution in [1.82, 2.24) is 9.13 Å². The molecule has 3 rings (SSSR count). The van der Waals surface area contributed by atoms with Gasteiger partial charge in [0.1, 0.15) is 5.82 Å². The topological polar surface area (TPSA) is 52.9 Å². The van der Waals surface area contributed by atoms with Crippen molar-refractivity contribution in [1.29, 1.82) is 0 Å². The highest BCUT2D eigenvalue weighted by atomic mass is 19.1. The molecular formula is C16H16FN3O. The van der Waals surface area contributed by atoms with Crippen molar-refractivity contribution in [3.8, 4) is 11.8 Å². The fraction of sp³-hybridized carbons (Fsp3) is 0.312. The summed E-state index contributed by atoms with van der Waals surface area (Å²) in [5.41, 5.74) is 6.27. The highest BCUT2D eigenvalue weighted by Gasteiger charge is 2.25. The zero-order valence-electron chi connectivity index (χ0n) is 11.6. The van der Waals surface area contributed by atoms with Gasteiger partial charge in [-0.25, -0.2) is 9.18 Å². The van der Waals surface area contributed by atoms with Gasteiger partial charge in [0, 0.05) is 29.6 Å². The molecule has 21 heavy (non-hydrogen) atoms. The van der Waals surface area contributed by atoms with E-state index in [1.807, 2.05) is 0 Å². The van der Waals surface area contributed by atoms with E-state index in [0.29, 0.717) is 17.2 Å². The number of halogens is 1. The van der Waals surface area contributed by atoms with Crippen molar-refractivity contribution < 1.29 is 4.39 Å². The molecule has 0 aliphatic heterocycles. The van der Waals surface area contributed by atoms with Gasteiger partial charge < -0.3 is 5.73 Å². The van der Waals surface area contributed by atoms with Crippen molar-refractivity contribution >= 4 is 0 Å². The van der Waals surface area contributed by atoms with E-state index in [9.17, 15) is 9.18 Å². The lowest BCUT2D eigenvalue weighted by molar-refractivity contribution is 0.589. The van der Waals surface area contributed by atoms with E-state index >= 15 is 0 Å². The molecule has 0 radical (unpaired) electrons. The van der Waals surface area contributed by atoms with Crippen LogP contribution in [-0.2, 0) is 6.54 Å². The second kappa shape index (κ2) is 5.58. The van der Waals surface area contributed by atoms with Crippen molar-refractivity contribution in [2.75, 3.05) is 6.54 Å². The normalized spacial score (nSPS) is 13.8. The summed E-state index contributed by atoms with van der Waals surface area (Å²) in [4.78, 5) is 12.1. The van der Waals surface area contributed by atoms with Crippen LogP contribution in [-0.4, -0.2) is 15.7 Å². The predicted octanol–water partition coefficient (Wildman–Crippen LogP) is 1.48. The average molecular weight is 285 g/mol. The van der Waals surface area contributed by atoms with Gasteiger partial charge in [-0.1, -0.05) is 17.9 Å². The fourth-order valence-electron chi connectivity index (χ4n) is 2.27. The van der Waals surface area contributed by atoms with Gasteiger partial charge >= 0.3 is 5.69 Å². The zero-order chi connectivity index (χ0) is 14.8. The molecule has 0 saturated heterocycles. The Morgan fingerprint density at radius 2 is 2.14 bits per heavy atom. The van der Waals surface area contributed by atoms with E-state index < -0.39 is 0 Å². The average Bonchev–Trinajstić information content (AvgIpc) is 3.25. The molecule has 5 heteroatoms. The van der Waals surface area contributed by atoms with Crippen molar-refractivity contribution in [3.63, 3.8) is 0 Å². The van der Waals surface area contributed by atoms with Crippen LogP contribution in [0.1, 0.15) is 30.0 Å². The first-order valence-electron chi connectivity index (χ1n) is 6.93. The summed E-state index contributed by atoms with van der Waals surface area (Å²) in [6.07, 6.45) is 5.58. The van der Waals surface area contributed by atoms with E-state index in [1.165, 1.54) is 10.6 Å². The third kappa shape index (κ3) is 2.91. The maximum atomic E-state index is 14.1. The van der Waals surface area contributed by atoms with Gasteiger partial charge in [0.05, 0.1) is 13.1 Å². The molecule has 108 valence electrons. The van der Waals surface area contributed by atoms with E-state index in [1.54, 1.807) is 29.1 Å². The van der Waals surface area contributed by atoms with E-state index in [4.69, 9.17) is 5.73 Å². The quantitative estimate of drug-likeness (QED) is 0.869. The lowest BCUT2D eigenvalue weighted by Crippen LogP contribution is -2.24. The molecule has 1 saturated carbocycles. The minimum absolute atomic E-state index is 0.0797. The number of aromatic nitrogens is 2. The zero-order valence-corrected chi connectivity index (χ0v) is 11.6. The Labute approximate surface area is 122 Å². The summed E-state index contributed by atoms with van der Waals surface area (Å²) >= 11 is 0. The Kier molecular flexibility index (Phi) is 3.63. The molecule has 0 spiro atoms. The summed E-state index contributed by atoms with van der Waals surface area (Å²) < 4.78 is 17.3. The molecule has 0 amide bonds. The van der Waals surface area contributed by atoms with Gasteiger partial charge in [-0.15, -0.1) is 0 Å². The molecule has 2 aromatic rings. The Morgan fingerprint density at radius 1 is 1.33 bits per heavy atom. The number of rotatable bonds is 3. The Hall–Kier alpha value is -2.32. The van der Waals surface area contributed by atoms with Crippen LogP contribution in [0, 0.1) is 17.7 Å². The Morgan fingerprint density at radius 3 is 2.81 bits per heavy atom. The molecule has 2 N–H and O–H groups in total. The van der Waals surface area contributed by atoms with Gasteiger partial charge in [0.15, 0.2) is 0 Å². The minimum Gasteiger partial charge on any atom is -0.320 e. The highest BCUT2D eigenvalue weighted by molar-refractivity contribution is 5.37. The van der Waals surface area contributed by atoms with Crippen LogP contribution in [0.25, 0.3) is 0 Å². The first-order valence-corrected chi connectivity index (χ1v) is 6.93. The van der Waals surface area contributed by atoms with Gasteiger partial charge in [0.25, 0.3) is 0 Å². The maximum absolute atomic E-state index is 14.1. The molecule has 1 aliphatic rings. The van der Waals surface area contributed by atoms with Gasteiger partial charge in [-0.05, 0) is 25.0 Å². The largest absolute Gasteiger partial charge is 0.328 e. The van der Waals surface area contributed by atoms with Crippen molar-refractivity contribution in [2.24, 2.45) is 5.73 Å². The van der Waals surface area contributed by atoms with Crippen molar-refractivity contribution in [3.05, 3.63) is 58.0 Å². The molecule has 1 aliphatic carbocycles. The van der Waals surface area contributed by atoms with Crippen LogP contribution in [0.4, 0.5) is 4.39 Å². The number of imidazole rings is 1. The second-order valence-corrected chi connectivity index (χ2v) is 5.16. The van der Waals surface area contributed by atoms with Crippen LogP contribution >= 0.6 is 0 Å². The monoisotopic (exact) mass is 285 g/mol. The summed E-state index contributed by atoms with van der Waals surface area (Å²) in [6, 6.07) is 5.11. The van der Waals surface area contributed by atoms with Crippen molar-refractivity contribution in [2.45, 2.75) is 25.4 Å². The second-order valence-electron chi connectivity index (χ2n) is 5.16. The van der Waals surface area contributed by atoms with Crippen LogP contribution in [0.5, 0.6) is 0 Å². The van der Waals surface area contributed by atoms with E-state index in [2.05, 4.69) is 11.8 Å². The Balaban J connectivity index is 1.83. The summed E-state index contributed by atoms with van der Waals surface area (Å²) in [5, 5.41) is 0. The lowest BCUT2D eigenvalue weighted by Gasteiger charge is -2.04. The number of hydrogen-bond acceptors (Lipinski definition) is 2. The smallest absolute Gasteiger partial charge is 0.320 e. The number of nitrogens with two attached hydrogens (primary N) is 1. The molecule has 4 nitrogen and oxygen atoms in total. The molecule has 1 heterocycles. The fourth-order valence-corrected chi connectivity index (χ4v) is 2.27. The Bertz CT molecular complexity index is 775. The standard InChI is InChI=1S/C16H16FN3O/c17-15-10-12(2-1-7-18)3-4-13(15)11-19-8-9-20(16(19)21)14-5-6-14/h3-4,8-10,14H,5-7,11,18H2. The van der Waals surface area contributed by atoms with E-state index in [0.717, 1.165) is 12.8 Å².